The first-order valence-corrected chi connectivity index (χ1v) is 8.81. The normalized spacial score (nSPS) is 22.0. The summed E-state index contributed by atoms with van der Waals surface area (Å²) in [5, 5.41) is 5.87. The fourth-order valence-electron chi connectivity index (χ4n) is 2.76. The molecule has 0 aliphatic carbocycles. The molecule has 20 heavy (non-hydrogen) atoms. The van der Waals surface area contributed by atoms with Gasteiger partial charge >= 0.3 is 0 Å². The Morgan fingerprint density at radius 1 is 1.50 bits per heavy atom. The Bertz CT molecular complexity index is 355. The molecule has 1 N–H and O–H groups in total. The second kappa shape index (κ2) is 8.78. The van der Waals surface area contributed by atoms with E-state index >= 15 is 0 Å². The third-order valence-electron chi connectivity index (χ3n) is 4.01. The molecule has 2 rings (SSSR count). The predicted molar refractivity (Wildman–Crippen MR) is 86.6 cm³/mol. The zero-order valence-corrected chi connectivity index (χ0v) is 13.6. The summed E-state index contributed by atoms with van der Waals surface area (Å²) in [6, 6.07) is 4.86. The summed E-state index contributed by atoms with van der Waals surface area (Å²) in [6.07, 6.45) is 3.85. The van der Waals surface area contributed by atoms with Crippen molar-refractivity contribution in [2.45, 2.75) is 45.3 Å². The molecule has 0 spiro atoms. The zero-order chi connectivity index (χ0) is 14.2. The van der Waals surface area contributed by atoms with E-state index in [1.807, 2.05) is 11.3 Å². The molecule has 1 saturated heterocycles. The highest BCUT2D eigenvalue weighted by Gasteiger charge is 2.26. The summed E-state index contributed by atoms with van der Waals surface area (Å²) in [4.78, 5) is 3.98. The number of thiophene rings is 1. The van der Waals surface area contributed by atoms with Crippen molar-refractivity contribution < 1.29 is 4.74 Å². The molecule has 114 valence electrons. The molecule has 0 aromatic carbocycles. The van der Waals surface area contributed by atoms with Crippen LogP contribution in [0.4, 0.5) is 0 Å². The van der Waals surface area contributed by atoms with Crippen LogP contribution in [-0.2, 0) is 11.2 Å². The number of ether oxygens (including phenoxy) is 1. The van der Waals surface area contributed by atoms with E-state index in [0.29, 0.717) is 12.1 Å². The van der Waals surface area contributed by atoms with Crippen LogP contribution in [0.3, 0.4) is 0 Å². The lowest BCUT2D eigenvalue weighted by Crippen LogP contribution is -2.52. The molecule has 0 bridgehead atoms. The molecule has 0 amide bonds. The molecular weight excluding hydrogens is 268 g/mol. The van der Waals surface area contributed by atoms with E-state index in [9.17, 15) is 0 Å². The van der Waals surface area contributed by atoms with Gasteiger partial charge in [-0.3, -0.25) is 4.90 Å². The third kappa shape index (κ3) is 4.85. The minimum Gasteiger partial charge on any atom is -0.374 e. The molecule has 1 aromatic heterocycles. The van der Waals surface area contributed by atoms with Gasteiger partial charge in [0.15, 0.2) is 0 Å². The van der Waals surface area contributed by atoms with Gasteiger partial charge in [0, 0.05) is 24.0 Å². The first-order valence-electron chi connectivity index (χ1n) is 7.93. The Balaban J connectivity index is 1.87. The Morgan fingerprint density at radius 2 is 2.40 bits per heavy atom. The number of nitrogens with zero attached hydrogens (tertiary/aromatic N) is 1. The number of hydrogen-bond acceptors (Lipinski definition) is 4. The van der Waals surface area contributed by atoms with E-state index in [0.717, 1.165) is 39.2 Å². The van der Waals surface area contributed by atoms with Gasteiger partial charge in [-0.2, -0.15) is 0 Å². The lowest BCUT2D eigenvalue weighted by molar-refractivity contribution is -0.0460. The number of rotatable bonds is 8. The highest BCUT2D eigenvalue weighted by Crippen LogP contribution is 2.17. The van der Waals surface area contributed by atoms with E-state index in [1.54, 1.807) is 0 Å². The number of morpholine rings is 1. The van der Waals surface area contributed by atoms with E-state index in [-0.39, 0.29) is 0 Å². The van der Waals surface area contributed by atoms with Crippen LogP contribution in [-0.4, -0.2) is 49.8 Å². The molecule has 3 nitrogen and oxygen atoms in total. The summed E-state index contributed by atoms with van der Waals surface area (Å²) in [7, 11) is 0. The molecule has 0 saturated carbocycles. The van der Waals surface area contributed by atoms with Crippen LogP contribution in [0.2, 0.25) is 0 Å². The Labute approximate surface area is 127 Å². The zero-order valence-electron chi connectivity index (χ0n) is 12.8. The lowest BCUT2D eigenvalue weighted by Gasteiger charge is -2.37. The van der Waals surface area contributed by atoms with Gasteiger partial charge in [0.25, 0.3) is 0 Å². The molecule has 1 aliphatic rings. The topological polar surface area (TPSA) is 24.5 Å². The maximum atomic E-state index is 6.04. The van der Waals surface area contributed by atoms with Crippen LogP contribution in [0.25, 0.3) is 0 Å². The molecular formula is C16H28N2OS. The minimum atomic E-state index is 0.343. The average molecular weight is 296 g/mol. The maximum absolute atomic E-state index is 6.04. The van der Waals surface area contributed by atoms with Crippen molar-refractivity contribution >= 4 is 11.3 Å². The van der Waals surface area contributed by atoms with Crippen molar-refractivity contribution in [3.8, 4) is 0 Å². The summed E-state index contributed by atoms with van der Waals surface area (Å²) in [5.41, 5.74) is 0. The smallest absolute Gasteiger partial charge is 0.0855 e. The lowest BCUT2D eigenvalue weighted by atomic mass is 10.0. The largest absolute Gasteiger partial charge is 0.374 e. The third-order valence-corrected chi connectivity index (χ3v) is 4.95. The van der Waals surface area contributed by atoms with Crippen molar-refractivity contribution in [1.82, 2.24) is 10.2 Å². The van der Waals surface area contributed by atoms with Crippen LogP contribution >= 0.6 is 11.3 Å². The Kier molecular flexibility index (Phi) is 7.00. The van der Waals surface area contributed by atoms with Crippen LogP contribution < -0.4 is 5.32 Å². The SMILES string of the molecule is CCCNC(CCc1cccs1)C1CN(CC)CCO1. The van der Waals surface area contributed by atoms with E-state index < -0.39 is 0 Å². The Morgan fingerprint density at radius 3 is 3.10 bits per heavy atom. The second-order valence-electron chi connectivity index (χ2n) is 5.48. The average Bonchev–Trinajstić information content (AvgIpc) is 3.01. The van der Waals surface area contributed by atoms with Gasteiger partial charge in [0.1, 0.15) is 0 Å². The monoisotopic (exact) mass is 296 g/mol. The summed E-state index contributed by atoms with van der Waals surface area (Å²) >= 11 is 1.86. The van der Waals surface area contributed by atoms with Crippen molar-refractivity contribution in [2.75, 3.05) is 32.8 Å². The van der Waals surface area contributed by atoms with Crippen LogP contribution in [0, 0.1) is 0 Å². The molecule has 1 aromatic rings. The highest BCUT2D eigenvalue weighted by atomic mass is 32.1. The van der Waals surface area contributed by atoms with Crippen molar-refractivity contribution in [3.05, 3.63) is 22.4 Å². The first-order chi connectivity index (χ1) is 9.83. The van der Waals surface area contributed by atoms with Gasteiger partial charge in [-0.05, 0) is 43.8 Å². The summed E-state index contributed by atoms with van der Waals surface area (Å²) < 4.78 is 6.04. The molecule has 4 heteroatoms. The molecule has 1 aliphatic heterocycles. The van der Waals surface area contributed by atoms with Gasteiger partial charge in [-0.15, -0.1) is 11.3 Å². The van der Waals surface area contributed by atoms with Crippen LogP contribution in [0.5, 0.6) is 0 Å². The first kappa shape index (κ1) is 16.0. The van der Waals surface area contributed by atoms with Gasteiger partial charge in [0.05, 0.1) is 12.7 Å². The van der Waals surface area contributed by atoms with Crippen molar-refractivity contribution in [1.29, 1.82) is 0 Å². The molecule has 2 unspecified atom stereocenters. The van der Waals surface area contributed by atoms with Crippen molar-refractivity contribution in [3.63, 3.8) is 0 Å². The fourth-order valence-corrected chi connectivity index (χ4v) is 3.49. The van der Waals surface area contributed by atoms with Crippen LogP contribution in [0.1, 0.15) is 31.6 Å². The second-order valence-corrected chi connectivity index (χ2v) is 6.51. The number of nitrogens with one attached hydrogen (secondary N) is 1. The van der Waals surface area contributed by atoms with Gasteiger partial charge in [-0.1, -0.05) is 19.9 Å². The standard InChI is InChI=1S/C16H28N2OS/c1-3-9-17-15(8-7-14-6-5-12-20-14)16-13-18(4-2)10-11-19-16/h5-6,12,15-17H,3-4,7-11,13H2,1-2H3. The van der Waals surface area contributed by atoms with Crippen molar-refractivity contribution in [2.24, 2.45) is 0 Å². The molecule has 2 atom stereocenters. The molecule has 1 fully saturated rings. The van der Waals surface area contributed by atoms with Crippen LogP contribution in [0.15, 0.2) is 17.5 Å². The van der Waals surface area contributed by atoms with Gasteiger partial charge < -0.3 is 10.1 Å². The summed E-state index contributed by atoms with van der Waals surface area (Å²) in [6.45, 7) is 9.71. The molecule has 2 heterocycles. The Hall–Kier alpha value is -0.420. The number of likely N-dealkylation sites (N-methyl/N-ethyl adjacent to an activating group) is 1. The number of aryl methyl sites for hydroxylation is 1. The molecule has 0 radical (unpaired) electrons. The quantitative estimate of drug-likeness (QED) is 0.798. The minimum absolute atomic E-state index is 0.343. The summed E-state index contributed by atoms with van der Waals surface area (Å²) in [5.74, 6) is 0. The van der Waals surface area contributed by atoms with Gasteiger partial charge in [0.2, 0.25) is 0 Å². The number of hydrogen-bond donors (Lipinski definition) is 1. The van der Waals surface area contributed by atoms with E-state index in [4.69, 9.17) is 4.74 Å². The highest BCUT2D eigenvalue weighted by molar-refractivity contribution is 7.09. The maximum Gasteiger partial charge on any atom is 0.0855 e. The van der Waals surface area contributed by atoms with E-state index in [2.05, 4.69) is 41.6 Å². The predicted octanol–water partition coefficient (Wildman–Crippen LogP) is 2.77. The van der Waals surface area contributed by atoms with E-state index in [1.165, 1.54) is 17.7 Å². The van der Waals surface area contributed by atoms with Gasteiger partial charge in [-0.25, -0.2) is 0 Å². The fraction of sp³-hybridized carbons (Fsp3) is 0.750.